The second-order valence-corrected chi connectivity index (χ2v) is 5.55. The van der Waals surface area contributed by atoms with Gasteiger partial charge in [0.15, 0.2) is 0 Å². The number of nitrogens with one attached hydrogen (secondary N) is 1. The number of halogens is 3. The molecule has 0 saturated carbocycles. The van der Waals surface area contributed by atoms with Gasteiger partial charge in [-0.2, -0.15) is 13.2 Å². The SMILES string of the molecule is CCOC(=O)c1cc(CN)c(N)c(C(=O)Nc2cccc(C(F)(F)F)c2)c1. The molecule has 0 aliphatic rings. The van der Waals surface area contributed by atoms with Gasteiger partial charge in [0.2, 0.25) is 0 Å². The first-order chi connectivity index (χ1) is 12.7. The van der Waals surface area contributed by atoms with Crippen LogP contribution >= 0.6 is 0 Å². The molecule has 0 fully saturated rings. The van der Waals surface area contributed by atoms with Crippen LogP contribution in [0.3, 0.4) is 0 Å². The van der Waals surface area contributed by atoms with Crippen molar-refractivity contribution in [2.45, 2.75) is 19.6 Å². The van der Waals surface area contributed by atoms with Crippen LogP contribution in [-0.2, 0) is 17.5 Å². The van der Waals surface area contributed by atoms with E-state index in [1.54, 1.807) is 6.92 Å². The summed E-state index contributed by atoms with van der Waals surface area (Å²) in [6.07, 6.45) is -4.55. The Labute approximate surface area is 153 Å². The number of rotatable bonds is 5. The van der Waals surface area contributed by atoms with Gasteiger partial charge in [0.1, 0.15) is 0 Å². The molecule has 0 atom stereocenters. The maximum atomic E-state index is 12.8. The summed E-state index contributed by atoms with van der Waals surface area (Å²) in [6.45, 7) is 1.72. The summed E-state index contributed by atoms with van der Waals surface area (Å²) in [7, 11) is 0. The zero-order chi connectivity index (χ0) is 20.2. The normalized spacial score (nSPS) is 11.1. The number of hydrogen-bond donors (Lipinski definition) is 3. The van der Waals surface area contributed by atoms with Crippen molar-refractivity contribution in [1.82, 2.24) is 0 Å². The maximum Gasteiger partial charge on any atom is 0.416 e. The first-order valence-electron chi connectivity index (χ1n) is 7.95. The van der Waals surface area contributed by atoms with Crippen LogP contribution in [0.15, 0.2) is 36.4 Å². The molecule has 0 aliphatic heterocycles. The number of nitrogens with two attached hydrogens (primary N) is 2. The summed E-state index contributed by atoms with van der Waals surface area (Å²) < 4.78 is 43.3. The highest BCUT2D eigenvalue weighted by molar-refractivity contribution is 6.09. The van der Waals surface area contributed by atoms with Gasteiger partial charge < -0.3 is 21.5 Å². The van der Waals surface area contributed by atoms with Gasteiger partial charge in [0, 0.05) is 17.9 Å². The average Bonchev–Trinajstić information content (AvgIpc) is 2.61. The lowest BCUT2D eigenvalue weighted by Crippen LogP contribution is -2.18. The van der Waals surface area contributed by atoms with Crippen molar-refractivity contribution in [2.75, 3.05) is 17.7 Å². The molecule has 27 heavy (non-hydrogen) atoms. The van der Waals surface area contributed by atoms with E-state index in [0.29, 0.717) is 5.56 Å². The molecule has 0 radical (unpaired) electrons. The second-order valence-electron chi connectivity index (χ2n) is 5.55. The number of amides is 1. The Morgan fingerprint density at radius 2 is 1.89 bits per heavy atom. The highest BCUT2D eigenvalue weighted by Crippen LogP contribution is 2.31. The van der Waals surface area contributed by atoms with Crippen molar-refractivity contribution in [3.05, 3.63) is 58.7 Å². The third kappa shape index (κ3) is 4.76. The van der Waals surface area contributed by atoms with E-state index in [2.05, 4.69) is 5.32 Å². The molecule has 9 heteroatoms. The highest BCUT2D eigenvalue weighted by Gasteiger charge is 2.30. The molecule has 2 aromatic rings. The first-order valence-corrected chi connectivity index (χ1v) is 7.95. The fourth-order valence-corrected chi connectivity index (χ4v) is 2.37. The lowest BCUT2D eigenvalue weighted by atomic mass is 10.0. The predicted octanol–water partition coefficient (Wildman–Crippen LogP) is 3.18. The summed E-state index contributed by atoms with van der Waals surface area (Å²) in [6, 6.07) is 6.79. The number of ether oxygens (including phenoxy) is 1. The van der Waals surface area contributed by atoms with Gasteiger partial charge in [-0.15, -0.1) is 0 Å². The fraction of sp³-hybridized carbons (Fsp3) is 0.222. The van der Waals surface area contributed by atoms with Crippen LogP contribution < -0.4 is 16.8 Å². The molecule has 0 spiro atoms. The standard InChI is InChI=1S/C18H18F3N3O3/c1-2-27-17(26)10-6-11(9-22)15(23)14(7-10)16(25)24-13-5-3-4-12(8-13)18(19,20)21/h3-8H,2,9,22-23H2,1H3,(H,24,25). The summed E-state index contributed by atoms with van der Waals surface area (Å²) >= 11 is 0. The first kappa shape index (κ1) is 20.2. The molecule has 1 amide bonds. The lowest BCUT2D eigenvalue weighted by molar-refractivity contribution is -0.137. The topological polar surface area (TPSA) is 107 Å². The Bertz CT molecular complexity index is 867. The number of alkyl halides is 3. The van der Waals surface area contributed by atoms with Gasteiger partial charge in [-0.25, -0.2) is 4.79 Å². The van der Waals surface area contributed by atoms with Crippen LogP contribution in [0.2, 0.25) is 0 Å². The van der Waals surface area contributed by atoms with Crippen LogP contribution in [0.25, 0.3) is 0 Å². The molecular weight excluding hydrogens is 363 g/mol. The van der Waals surface area contributed by atoms with Gasteiger partial charge in [-0.3, -0.25) is 4.79 Å². The third-order valence-corrected chi connectivity index (χ3v) is 3.69. The zero-order valence-electron chi connectivity index (χ0n) is 14.4. The van der Waals surface area contributed by atoms with Crippen LogP contribution in [0.5, 0.6) is 0 Å². The Kier molecular flexibility index (Phi) is 6.06. The van der Waals surface area contributed by atoms with Crippen LogP contribution in [0.4, 0.5) is 24.5 Å². The summed E-state index contributed by atoms with van der Waals surface area (Å²) in [4.78, 5) is 24.5. The van der Waals surface area contributed by atoms with Gasteiger partial charge in [-0.1, -0.05) is 6.07 Å². The molecule has 0 heterocycles. The molecule has 5 N–H and O–H groups in total. The van der Waals surface area contributed by atoms with Gasteiger partial charge in [-0.05, 0) is 42.8 Å². The molecule has 6 nitrogen and oxygen atoms in total. The van der Waals surface area contributed by atoms with E-state index < -0.39 is 23.6 Å². The maximum absolute atomic E-state index is 12.8. The van der Waals surface area contributed by atoms with E-state index in [-0.39, 0.29) is 35.7 Å². The van der Waals surface area contributed by atoms with E-state index in [0.717, 1.165) is 12.1 Å². The summed E-state index contributed by atoms with van der Waals surface area (Å²) in [5, 5.41) is 2.35. The number of hydrogen-bond acceptors (Lipinski definition) is 5. The Morgan fingerprint density at radius 3 is 2.48 bits per heavy atom. The minimum atomic E-state index is -4.55. The molecular formula is C18H18F3N3O3. The van der Waals surface area contributed by atoms with E-state index >= 15 is 0 Å². The molecule has 0 aliphatic carbocycles. The number of anilines is 2. The Balaban J connectivity index is 2.38. The second kappa shape index (κ2) is 8.09. The minimum absolute atomic E-state index is 0.0371. The highest BCUT2D eigenvalue weighted by atomic mass is 19.4. The quantitative estimate of drug-likeness (QED) is 0.545. The van der Waals surface area contributed by atoms with E-state index in [4.69, 9.17) is 16.2 Å². The summed E-state index contributed by atoms with van der Waals surface area (Å²) in [5.74, 6) is -1.44. The molecule has 0 aromatic heterocycles. The minimum Gasteiger partial charge on any atom is -0.462 e. The lowest BCUT2D eigenvalue weighted by Gasteiger charge is -2.14. The van der Waals surface area contributed by atoms with Crippen molar-refractivity contribution < 1.29 is 27.5 Å². The molecule has 0 unspecified atom stereocenters. The average molecular weight is 381 g/mol. The zero-order valence-corrected chi connectivity index (χ0v) is 14.4. The van der Waals surface area contributed by atoms with Crippen LogP contribution in [0, 0.1) is 0 Å². The van der Waals surface area contributed by atoms with Crippen molar-refractivity contribution in [2.24, 2.45) is 5.73 Å². The molecule has 2 aromatic carbocycles. The number of benzene rings is 2. The van der Waals surface area contributed by atoms with Crippen molar-refractivity contribution in [3.63, 3.8) is 0 Å². The number of esters is 1. The largest absolute Gasteiger partial charge is 0.462 e. The Morgan fingerprint density at radius 1 is 1.19 bits per heavy atom. The third-order valence-electron chi connectivity index (χ3n) is 3.69. The molecule has 0 saturated heterocycles. The van der Waals surface area contributed by atoms with E-state index in [1.165, 1.54) is 24.3 Å². The van der Waals surface area contributed by atoms with Crippen molar-refractivity contribution in [3.8, 4) is 0 Å². The molecule has 0 bridgehead atoms. The van der Waals surface area contributed by atoms with Crippen molar-refractivity contribution >= 4 is 23.3 Å². The van der Waals surface area contributed by atoms with Gasteiger partial charge >= 0.3 is 12.1 Å². The van der Waals surface area contributed by atoms with Crippen molar-refractivity contribution in [1.29, 1.82) is 0 Å². The van der Waals surface area contributed by atoms with Crippen LogP contribution in [0.1, 0.15) is 38.8 Å². The number of carbonyl (C=O) groups is 2. The fourth-order valence-electron chi connectivity index (χ4n) is 2.37. The summed E-state index contributed by atoms with van der Waals surface area (Å²) in [5.41, 5.74) is 10.9. The van der Waals surface area contributed by atoms with Gasteiger partial charge in [0.25, 0.3) is 5.91 Å². The molecule has 144 valence electrons. The smallest absolute Gasteiger partial charge is 0.416 e. The number of carbonyl (C=O) groups excluding carboxylic acids is 2. The monoisotopic (exact) mass is 381 g/mol. The Hall–Kier alpha value is -3.07. The van der Waals surface area contributed by atoms with Gasteiger partial charge in [0.05, 0.1) is 23.3 Å². The van der Waals surface area contributed by atoms with E-state index in [1.807, 2.05) is 0 Å². The predicted molar refractivity (Wildman–Crippen MR) is 94.1 cm³/mol. The molecule has 2 rings (SSSR count). The number of nitrogen functional groups attached to an aromatic ring is 1. The van der Waals surface area contributed by atoms with Crippen LogP contribution in [-0.4, -0.2) is 18.5 Å². The van der Waals surface area contributed by atoms with E-state index in [9.17, 15) is 22.8 Å².